The molecule has 1 heteroatoms. The molecule has 1 aromatic carbocycles. The van der Waals surface area contributed by atoms with Crippen molar-refractivity contribution in [3.8, 4) is 5.75 Å². The Hall–Kier alpha value is -1.50. The fourth-order valence-corrected chi connectivity index (χ4v) is 3.45. The van der Waals surface area contributed by atoms with E-state index in [9.17, 15) is 5.11 Å². The third-order valence-corrected chi connectivity index (χ3v) is 4.38. The molecule has 1 N–H and O–H groups in total. The number of phenols is 1. The molecule has 102 valence electrons. The predicted octanol–water partition coefficient (Wildman–Crippen LogP) is 5.04. The Kier molecular flexibility index (Phi) is 4.84. The molecule has 1 saturated carbocycles. The fraction of sp³-hybridized carbons (Fsp3) is 0.444. The van der Waals surface area contributed by atoms with E-state index >= 15 is 0 Å². The Morgan fingerprint density at radius 3 is 2.37 bits per heavy atom. The summed E-state index contributed by atoms with van der Waals surface area (Å²) in [7, 11) is 0. The van der Waals surface area contributed by atoms with Crippen molar-refractivity contribution in [2.45, 2.75) is 38.0 Å². The summed E-state index contributed by atoms with van der Waals surface area (Å²) < 4.78 is 0. The molecule has 3 atom stereocenters. The summed E-state index contributed by atoms with van der Waals surface area (Å²) in [6.07, 6.45) is 10.1. The number of allylic oxidation sites excluding steroid dienone is 2. The lowest BCUT2D eigenvalue weighted by Crippen LogP contribution is -2.23. The van der Waals surface area contributed by atoms with E-state index < -0.39 is 0 Å². The molecule has 2 rings (SSSR count). The Morgan fingerprint density at radius 1 is 1.05 bits per heavy atom. The summed E-state index contributed by atoms with van der Waals surface area (Å²) in [5, 5.41) is 9.41. The highest BCUT2D eigenvalue weighted by molar-refractivity contribution is 5.29. The highest BCUT2D eigenvalue weighted by Crippen LogP contribution is 2.43. The van der Waals surface area contributed by atoms with Gasteiger partial charge in [0.2, 0.25) is 0 Å². The van der Waals surface area contributed by atoms with E-state index in [1.54, 1.807) is 12.1 Å². The first kappa shape index (κ1) is 13.9. The van der Waals surface area contributed by atoms with Gasteiger partial charge in [-0.2, -0.15) is 0 Å². The number of rotatable bonds is 5. The quantitative estimate of drug-likeness (QED) is 0.731. The summed E-state index contributed by atoms with van der Waals surface area (Å²) in [4.78, 5) is 0. The summed E-state index contributed by atoms with van der Waals surface area (Å²) in [6, 6.07) is 7.75. The van der Waals surface area contributed by atoms with Crippen LogP contribution in [0.2, 0.25) is 0 Å². The van der Waals surface area contributed by atoms with Crippen LogP contribution >= 0.6 is 0 Å². The smallest absolute Gasteiger partial charge is 0.115 e. The average molecular weight is 256 g/mol. The predicted molar refractivity (Wildman–Crippen MR) is 81.3 cm³/mol. The highest BCUT2D eigenvalue weighted by atomic mass is 16.3. The average Bonchev–Trinajstić information content (AvgIpc) is 2.41. The minimum Gasteiger partial charge on any atom is -0.508 e. The van der Waals surface area contributed by atoms with Crippen molar-refractivity contribution in [3.05, 3.63) is 55.1 Å². The Labute approximate surface area is 116 Å². The number of hydrogen-bond donors (Lipinski definition) is 1. The Balaban J connectivity index is 2.12. The topological polar surface area (TPSA) is 20.2 Å². The largest absolute Gasteiger partial charge is 0.508 e. The van der Waals surface area contributed by atoms with Gasteiger partial charge in [0.15, 0.2) is 0 Å². The zero-order valence-corrected chi connectivity index (χ0v) is 11.6. The van der Waals surface area contributed by atoms with Gasteiger partial charge in [-0.05, 0) is 67.6 Å². The van der Waals surface area contributed by atoms with Crippen LogP contribution in [0.4, 0.5) is 0 Å². The van der Waals surface area contributed by atoms with Crippen molar-refractivity contribution in [1.82, 2.24) is 0 Å². The Morgan fingerprint density at radius 2 is 1.74 bits per heavy atom. The standard InChI is InChI=1S/C18H24O/c1-3-5-14-7-12-18(16(13-14)6-4-2)15-8-10-17(19)11-9-15/h3-4,8-11,14,16,18-19H,1-2,5-7,12-13H2. The van der Waals surface area contributed by atoms with Crippen molar-refractivity contribution in [2.75, 3.05) is 0 Å². The van der Waals surface area contributed by atoms with Crippen LogP contribution < -0.4 is 0 Å². The second-order valence-corrected chi connectivity index (χ2v) is 5.69. The van der Waals surface area contributed by atoms with Crippen molar-refractivity contribution in [2.24, 2.45) is 11.8 Å². The van der Waals surface area contributed by atoms with Gasteiger partial charge in [0, 0.05) is 0 Å². The first-order chi connectivity index (χ1) is 9.24. The lowest BCUT2D eigenvalue weighted by Gasteiger charge is -2.36. The van der Waals surface area contributed by atoms with E-state index in [1.165, 1.54) is 24.8 Å². The summed E-state index contributed by atoms with van der Waals surface area (Å²) in [6.45, 7) is 7.77. The van der Waals surface area contributed by atoms with Gasteiger partial charge in [0.1, 0.15) is 5.75 Å². The maximum Gasteiger partial charge on any atom is 0.115 e. The number of phenolic OH excluding ortho intramolecular Hbond substituents is 1. The zero-order valence-electron chi connectivity index (χ0n) is 11.6. The van der Waals surface area contributed by atoms with Crippen molar-refractivity contribution in [1.29, 1.82) is 0 Å². The first-order valence-corrected chi connectivity index (χ1v) is 7.25. The normalized spacial score (nSPS) is 26.8. The molecule has 0 saturated heterocycles. The minimum absolute atomic E-state index is 0.351. The van der Waals surface area contributed by atoms with Gasteiger partial charge in [0.25, 0.3) is 0 Å². The van der Waals surface area contributed by atoms with Gasteiger partial charge in [-0.1, -0.05) is 24.3 Å². The third kappa shape index (κ3) is 3.50. The molecule has 0 heterocycles. The molecular weight excluding hydrogens is 232 g/mol. The maximum absolute atomic E-state index is 9.41. The van der Waals surface area contributed by atoms with E-state index in [4.69, 9.17) is 0 Å². The lowest BCUT2D eigenvalue weighted by molar-refractivity contribution is 0.234. The molecule has 3 unspecified atom stereocenters. The molecule has 0 spiro atoms. The summed E-state index contributed by atoms with van der Waals surface area (Å²) in [5.74, 6) is 2.43. The molecule has 0 aromatic heterocycles. The lowest BCUT2D eigenvalue weighted by atomic mass is 9.69. The first-order valence-electron chi connectivity index (χ1n) is 7.25. The molecule has 0 bridgehead atoms. The van der Waals surface area contributed by atoms with E-state index in [0.717, 1.165) is 18.8 Å². The molecule has 1 nitrogen and oxygen atoms in total. The number of aromatic hydroxyl groups is 1. The Bertz CT molecular complexity index is 418. The van der Waals surface area contributed by atoms with E-state index in [-0.39, 0.29) is 0 Å². The van der Waals surface area contributed by atoms with Crippen LogP contribution in [0.15, 0.2) is 49.6 Å². The van der Waals surface area contributed by atoms with Gasteiger partial charge >= 0.3 is 0 Å². The molecule has 0 aliphatic heterocycles. The number of hydrogen-bond acceptors (Lipinski definition) is 1. The van der Waals surface area contributed by atoms with Crippen molar-refractivity contribution >= 4 is 0 Å². The van der Waals surface area contributed by atoms with Gasteiger partial charge in [-0.3, -0.25) is 0 Å². The van der Waals surface area contributed by atoms with Gasteiger partial charge < -0.3 is 5.11 Å². The number of benzene rings is 1. The second kappa shape index (κ2) is 6.60. The summed E-state index contributed by atoms with van der Waals surface area (Å²) in [5.41, 5.74) is 1.36. The van der Waals surface area contributed by atoms with Crippen LogP contribution in [-0.4, -0.2) is 5.11 Å². The van der Waals surface area contributed by atoms with Crippen LogP contribution in [0.1, 0.15) is 43.6 Å². The fourth-order valence-electron chi connectivity index (χ4n) is 3.45. The van der Waals surface area contributed by atoms with Crippen LogP contribution in [0, 0.1) is 11.8 Å². The second-order valence-electron chi connectivity index (χ2n) is 5.69. The van der Waals surface area contributed by atoms with Crippen LogP contribution in [0.3, 0.4) is 0 Å². The molecule has 19 heavy (non-hydrogen) atoms. The molecule has 1 aromatic rings. The molecule has 1 aliphatic rings. The third-order valence-electron chi connectivity index (χ3n) is 4.38. The van der Waals surface area contributed by atoms with Crippen LogP contribution in [0.5, 0.6) is 5.75 Å². The van der Waals surface area contributed by atoms with Gasteiger partial charge in [-0.15, -0.1) is 13.2 Å². The maximum atomic E-state index is 9.41. The highest BCUT2D eigenvalue weighted by Gasteiger charge is 2.30. The molecule has 1 aliphatic carbocycles. The molecule has 0 amide bonds. The zero-order chi connectivity index (χ0) is 13.7. The van der Waals surface area contributed by atoms with E-state index in [2.05, 4.69) is 31.4 Å². The van der Waals surface area contributed by atoms with Crippen LogP contribution in [0.25, 0.3) is 0 Å². The van der Waals surface area contributed by atoms with Crippen molar-refractivity contribution in [3.63, 3.8) is 0 Å². The monoisotopic (exact) mass is 256 g/mol. The van der Waals surface area contributed by atoms with Gasteiger partial charge in [-0.25, -0.2) is 0 Å². The minimum atomic E-state index is 0.351. The van der Waals surface area contributed by atoms with E-state index in [1.807, 2.05) is 6.08 Å². The SMILES string of the molecule is C=CCC1CCC(c2ccc(O)cc2)C(CC=C)C1. The van der Waals surface area contributed by atoms with Crippen LogP contribution in [-0.2, 0) is 0 Å². The van der Waals surface area contributed by atoms with Gasteiger partial charge in [0.05, 0.1) is 0 Å². The molecule has 0 radical (unpaired) electrons. The summed E-state index contributed by atoms with van der Waals surface area (Å²) >= 11 is 0. The van der Waals surface area contributed by atoms with Crippen molar-refractivity contribution < 1.29 is 5.11 Å². The molecule has 1 fully saturated rings. The molecular formula is C18H24O. The van der Waals surface area contributed by atoms with E-state index in [0.29, 0.717) is 17.6 Å².